The van der Waals surface area contributed by atoms with E-state index in [1.165, 1.54) is 39.1 Å². The van der Waals surface area contributed by atoms with Gasteiger partial charge < -0.3 is 29.1 Å². The number of carbonyl (C=O) groups excluding carboxylic acids is 2. The lowest BCUT2D eigenvalue weighted by molar-refractivity contribution is -0.162. The molecule has 1 atom stereocenters. The van der Waals surface area contributed by atoms with Gasteiger partial charge in [0.05, 0.1) is 36.5 Å². The van der Waals surface area contributed by atoms with Crippen LogP contribution in [0.3, 0.4) is 0 Å². The molecule has 0 bridgehead atoms. The summed E-state index contributed by atoms with van der Waals surface area (Å²) in [5.74, 6) is -1.05. The molecule has 0 radical (unpaired) electrons. The molecule has 0 aliphatic carbocycles. The Morgan fingerprint density at radius 1 is 1.14 bits per heavy atom. The standard InChI is InChI=1S/C34H39F3N6O7/c1-33(2,3)50-32(46)42(21-34(35,36)37)28-17-23(13-14-38-28)31-40-27(20-49-31)30(45)39-26-18-43(24-11-9-22(19-44)10-12-24)41-25(26)7-6-16-48-29-8-4-5-15-47-29/h9-14,17-18,20,29,44H,4-8,15-16,19,21H2,1-3H3,(H,39,45). The molecule has 4 heterocycles. The molecule has 268 valence electrons. The van der Waals surface area contributed by atoms with Gasteiger partial charge in [0, 0.05) is 18.4 Å². The second-order valence-electron chi connectivity index (χ2n) is 12.6. The van der Waals surface area contributed by atoms with E-state index < -0.39 is 30.3 Å². The van der Waals surface area contributed by atoms with Crippen LogP contribution in [0, 0.1) is 0 Å². The zero-order valence-corrected chi connectivity index (χ0v) is 27.9. The fraction of sp³-hybridized carbons (Fsp3) is 0.441. The molecule has 1 aliphatic rings. The Morgan fingerprint density at radius 2 is 1.92 bits per heavy atom. The third-order valence-corrected chi connectivity index (χ3v) is 7.38. The Morgan fingerprint density at radius 3 is 2.60 bits per heavy atom. The number of benzene rings is 1. The van der Waals surface area contributed by atoms with Gasteiger partial charge in [-0.2, -0.15) is 18.3 Å². The van der Waals surface area contributed by atoms with E-state index >= 15 is 0 Å². The molecule has 1 aliphatic heterocycles. The Labute approximate surface area is 286 Å². The average molecular weight is 701 g/mol. The van der Waals surface area contributed by atoms with Gasteiger partial charge in [-0.15, -0.1) is 0 Å². The molecule has 1 unspecified atom stereocenters. The molecule has 0 saturated carbocycles. The number of nitrogens with zero attached hydrogens (tertiary/aromatic N) is 5. The van der Waals surface area contributed by atoms with Gasteiger partial charge in [-0.25, -0.2) is 19.4 Å². The molecule has 1 fully saturated rings. The van der Waals surface area contributed by atoms with Crippen molar-refractivity contribution in [1.29, 1.82) is 0 Å². The highest BCUT2D eigenvalue weighted by atomic mass is 19.4. The third-order valence-electron chi connectivity index (χ3n) is 7.38. The first kappa shape index (κ1) is 36.5. The number of nitrogens with one attached hydrogen (secondary N) is 1. The fourth-order valence-corrected chi connectivity index (χ4v) is 5.01. The highest BCUT2D eigenvalue weighted by Gasteiger charge is 2.37. The number of halogens is 3. The van der Waals surface area contributed by atoms with Crippen molar-refractivity contribution in [3.05, 3.63) is 72.0 Å². The predicted molar refractivity (Wildman–Crippen MR) is 175 cm³/mol. The summed E-state index contributed by atoms with van der Waals surface area (Å²) >= 11 is 0. The van der Waals surface area contributed by atoms with Gasteiger partial charge in [0.15, 0.2) is 12.0 Å². The number of hydrogen-bond acceptors (Lipinski definition) is 10. The molecular weight excluding hydrogens is 661 g/mol. The SMILES string of the molecule is CC(C)(C)OC(=O)N(CC(F)(F)F)c1cc(-c2nc(C(=O)Nc3cn(-c4ccc(CO)cc4)nc3CCCOC3CCCCO3)co2)ccn1. The van der Waals surface area contributed by atoms with E-state index in [9.17, 15) is 27.9 Å². The summed E-state index contributed by atoms with van der Waals surface area (Å²) in [6.45, 7) is 3.97. The van der Waals surface area contributed by atoms with Crippen LogP contribution in [-0.2, 0) is 27.2 Å². The Hall–Kier alpha value is -4.80. The normalized spacial score (nSPS) is 15.1. The lowest BCUT2D eigenvalue weighted by Crippen LogP contribution is -2.42. The summed E-state index contributed by atoms with van der Waals surface area (Å²) in [5, 5.41) is 16.9. The third kappa shape index (κ3) is 10.1. The first-order valence-electron chi connectivity index (χ1n) is 16.1. The van der Waals surface area contributed by atoms with Crippen LogP contribution < -0.4 is 10.2 Å². The van der Waals surface area contributed by atoms with Gasteiger partial charge in [-0.05, 0) is 82.7 Å². The summed E-state index contributed by atoms with van der Waals surface area (Å²) < 4.78 is 64.1. The maximum Gasteiger partial charge on any atom is 0.416 e. The second kappa shape index (κ2) is 15.8. The van der Waals surface area contributed by atoms with Crippen LogP contribution in [0.2, 0.25) is 0 Å². The molecule has 0 spiro atoms. The van der Waals surface area contributed by atoms with E-state index in [4.69, 9.17) is 18.6 Å². The van der Waals surface area contributed by atoms with Crippen LogP contribution >= 0.6 is 0 Å². The largest absolute Gasteiger partial charge is 0.444 e. The van der Waals surface area contributed by atoms with Crippen LogP contribution in [0.1, 0.15) is 68.2 Å². The summed E-state index contributed by atoms with van der Waals surface area (Å²) in [5.41, 5.74) is 1.46. The molecule has 2 N–H and O–H groups in total. The maximum atomic E-state index is 13.4. The van der Waals surface area contributed by atoms with E-state index in [0.717, 1.165) is 31.1 Å². The zero-order valence-electron chi connectivity index (χ0n) is 27.9. The molecular formula is C34H39F3N6O7. The highest BCUT2D eigenvalue weighted by molar-refractivity contribution is 6.03. The molecule has 1 saturated heterocycles. The number of aromatic nitrogens is 4. The van der Waals surface area contributed by atoms with Gasteiger partial charge in [-0.1, -0.05) is 12.1 Å². The lowest BCUT2D eigenvalue weighted by Gasteiger charge is -2.27. The van der Waals surface area contributed by atoms with E-state index in [-0.39, 0.29) is 35.9 Å². The number of carbonyl (C=O) groups is 2. The van der Waals surface area contributed by atoms with E-state index in [0.29, 0.717) is 48.0 Å². The number of anilines is 2. The zero-order chi connectivity index (χ0) is 35.9. The Kier molecular flexibility index (Phi) is 11.5. The Balaban J connectivity index is 1.33. The summed E-state index contributed by atoms with van der Waals surface area (Å²) in [4.78, 5) is 34.6. The predicted octanol–water partition coefficient (Wildman–Crippen LogP) is 6.45. The van der Waals surface area contributed by atoms with Crippen molar-refractivity contribution in [1.82, 2.24) is 19.7 Å². The summed E-state index contributed by atoms with van der Waals surface area (Å²) in [7, 11) is 0. The molecule has 3 aromatic heterocycles. The van der Waals surface area contributed by atoms with Crippen molar-refractivity contribution >= 4 is 23.5 Å². The number of rotatable bonds is 12. The minimum atomic E-state index is -4.74. The summed E-state index contributed by atoms with van der Waals surface area (Å²) in [6.07, 6.45) is 1.76. The van der Waals surface area contributed by atoms with Gasteiger partial charge in [0.25, 0.3) is 5.91 Å². The second-order valence-corrected chi connectivity index (χ2v) is 12.6. The molecule has 2 amide bonds. The average Bonchev–Trinajstić information content (AvgIpc) is 3.73. The smallest absolute Gasteiger partial charge is 0.416 e. The number of oxazole rings is 1. The van der Waals surface area contributed by atoms with Crippen molar-refractivity contribution in [2.75, 3.05) is 30.0 Å². The van der Waals surface area contributed by atoms with E-state index in [2.05, 4.69) is 20.4 Å². The number of amides is 2. The number of ether oxygens (including phenoxy) is 3. The quantitative estimate of drug-likeness (QED) is 0.158. The highest BCUT2D eigenvalue weighted by Crippen LogP contribution is 2.28. The van der Waals surface area contributed by atoms with Gasteiger partial charge in [0.1, 0.15) is 24.2 Å². The van der Waals surface area contributed by atoms with Crippen LogP contribution in [0.4, 0.5) is 29.5 Å². The van der Waals surface area contributed by atoms with Crippen molar-refractivity contribution in [3.8, 4) is 17.1 Å². The van der Waals surface area contributed by atoms with Crippen molar-refractivity contribution < 1.29 is 46.5 Å². The van der Waals surface area contributed by atoms with E-state index in [1.807, 2.05) is 0 Å². The number of pyridine rings is 1. The first-order valence-corrected chi connectivity index (χ1v) is 16.1. The molecule has 1 aromatic carbocycles. The van der Waals surface area contributed by atoms with Crippen molar-refractivity contribution in [2.24, 2.45) is 0 Å². The van der Waals surface area contributed by atoms with Crippen LogP contribution in [0.25, 0.3) is 17.1 Å². The number of alkyl halides is 3. The van der Waals surface area contributed by atoms with Gasteiger partial charge in [0.2, 0.25) is 5.89 Å². The number of aliphatic hydroxyl groups is 1. The van der Waals surface area contributed by atoms with Crippen molar-refractivity contribution in [2.45, 2.75) is 77.5 Å². The first-order chi connectivity index (χ1) is 23.8. The molecule has 5 rings (SSSR count). The van der Waals surface area contributed by atoms with Crippen LogP contribution in [0.5, 0.6) is 0 Å². The number of hydrogen-bond donors (Lipinski definition) is 2. The van der Waals surface area contributed by atoms with Gasteiger partial charge >= 0.3 is 12.3 Å². The monoisotopic (exact) mass is 700 g/mol. The number of aryl methyl sites for hydroxylation is 1. The topological polar surface area (TPSA) is 154 Å². The number of aliphatic hydroxyl groups excluding tert-OH is 1. The van der Waals surface area contributed by atoms with Crippen LogP contribution in [0.15, 0.2) is 59.5 Å². The molecule has 4 aromatic rings. The van der Waals surface area contributed by atoms with Crippen LogP contribution in [-0.4, -0.2) is 74.7 Å². The van der Waals surface area contributed by atoms with Crippen molar-refractivity contribution in [3.63, 3.8) is 0 Å². The lowest BCUT2D eigenvalue weighted by atomic mass is 10.2. The minimum absolute atomic E-state index is 0.0862. The minimum Gasteiger partial charge on any atom is -0.444 e. The molecule has 13 nitrogen and oxygen atoms in total. The summed E-state index contributed by atoms with van der Waals surface area (Å²) in [6, 6.07) is 9.73. The molecule has 50 heavy (non-hydrogen) atoms. The fourth-order valence-electron chi connectivity index (χ4n) is 5.01. The molecule has 16 heteroatoms. The Bertz CT molecular complexity index is 1740. The van der Waals surface area contributed by atoms with E-state index in [1.54, 1.807) is 35.1 Å². The van der Waals surface area contributed by atoms with Gasteiger partial charge in [-0.3, -0.25) is 9.69 Å². The maximum absolute atomic E-state index is 13.4.